The maximum Gasteiger partial charge on any atom is 0.407 e. The van der Waals surface area contributed by atoms with Crippen molar-refractivity contribution in [1.29, 1.82) is 0 Å². The van der Waals surface area contributed by atoms with Crippen molar-refractivity contribution < 1.29 is 9.53 Å². The zero-order chi connectivity index (χ0) is 17.3. The van der Waals surface area contributed by atoms with E-state index >= 15 is 0 Å². The average molecular weight is 325 g/mol. The Hall–Kier alpha value is -1.63. The van der Waals surface area contributed by atoms with E-state index in [4.69, 9.17) is 4.74 Å². The first-order valence-electron chi connectivity index (χ1n) is 8.29. The van der Waals surface area contributed by atoms with Crippen molar-refractivity contribution in [3.8, 4) is 0 Å². The van der Waals surface area contributed by atoms with E-state index in [9.17, 15) is 4.79 Å². The van der Waals surface area contributed by atoms with Crippen LogP contribution in [0.4, 0.5) is 4.79 Å². The second-order valence-electron chi connectivity index (χ2n) is 7.13. The Balaban J connectivity index is 2.20. The minimum absolute atomic E-state index is 0.353. The number of alkyl carbamates (subject to hydrolysis) is 1. The Morgan fingerprint density at radius 3 is 2.65 bits per heavy atom. The molecule has 1 aromatic heterocycles. The van der Waals surface area contributed by atoms with Crippen molar-refractivity contribution in [2.24, 2.45) is 11.8 Å². The van der Waals surface area contributed by atoms with Gasteiger partial charge in [-0.25, -0.2) is 9.78 Å². The second-order valence-corrected chi connectivity index (χ2v) is 7.13. The number of hydrogen-bond donors (Lipinski definition) is 3. The number of aromatic amines is 1. The summed E-state index contributed by atoms with van der Waals surface area (Å²) in [7, 11) is 0. The number of hydrogen-bond acceptors (Lipinski definition) is 5. The lowest BCUT2D eigenvalue weighted by Gasteiger charge is -2.24. The van der Waals surface area contributed by atoms with Crippen molar-refractivity contribution in [2.75, 3.05) is 19.6 Å². The molecular formula is C16H31N5O2. The zero-order valence-corrected chi connectivity index (χ0v) is 15.0. The molecule has 7 heteroatoms. The molecule has 0 aliphatic heterocycles. The molecule has 0 aliphatic rings. The Bertz CT molecular complexity index is 440. The first-order valence-corrected chi connectivity index (χ1v) is 8.29. The zero-order valence-electron chi connectivity index (χ0n) is 15.0. The van der Waals surface area contributed by atoms with E-state index in [0.29, 0.717) is 18.4 Å². The van der Waals surface area contributed by atoms with E-state index in [1.54, 1.807) is 0 Å². The maximum atomic E-state index is 11.7. The van der Waals surface area contributed by atoms with Crippen LogP contribution in [0.2, 0.25) is 0 Å². The lowest BCUT2D eigenvalue weighted by atomic mass is 9.96. The topological polar surface area (TPSA) is 91.9 Å². The third-order valence-electron chi connectivity index (χ3n) is 3.49. The molecule has 132 valence electrons. The number of ether oxygens (including phenoxy) is 1. The number of nitrogens with one attached hydrogen (secondary N) is 3. The highest BCUT2D eigenvalue weighted by molar-refractivity contribution is 5.67. The highest BCUT2D eigenvalue weighted by Gasteiger charge is 2.18. The molecule has 1 atom stereocenters. The summed E-state index contributed by atoms with van der Waals surface area (Å²) in [5.74, 6) is 1.76. The fourth-order valence-electron chi connectivity index (χ4n) is 2.09. The number of aromatic nitrogens is 3. The molecule has 0 aliphatic carbocycles. The lowest BCUT2D eigenvalue weighted by molar-refractivity contribution is 0.0515. The summed E-state index contributed by atoms with van der Waals surface area (Å²) in [4.78, 5) is 15.8. The normalized spacial score (nSPS) is 13.1. The number of aryl methyl sites for hydroxylation is 1. The SMILES string of the molecule is CC(C)C(CNCCCc1ncn[nH]1)CNC(=O)OC(C)(C)C. The van der Waals surface area contributed by atoms with Gasteiger partial charge in [-0.15, -0.1) is 0 Å². The predicted octanol–water partition coefficient (Wildman–Crippen LogP) is 2.12. The molecule has 0 saturated heterocycles. The molecule has 0 saturated carbocycles. The van der Waals surface area contributed by atoms with Gasteiger partial charge in [-0.1, -0.05) is 13.8 Å². The summed E-state index contributed by atoms with van der Waals surface area (Å²) in [6, 6.07) is 0. The Morgan fingerprint density at radius 1 is 1.35 bits per heavy atom. The molecule has 23 heavy (non-hydrogen) atoms. The van der Waals surface area contributed by atoms with Crippen molar-refractivity contribution in [2.45, 2.75) is 53.1 Å². The number of carbonyl (C=O) groups is 1. The molecule has 1 rings (SSSR count). The molecule has 1 aromatic rings. The van der Waals surface area contributed by atoms with Gasteiger partial charge in [0, 0.05) is 13.0 Å². The van der Waals surface area contributed by atoms with Crippen LogP contribution in [0.25, 0.3) is 0 Å². The first-order chi connectivity index (χ1) is 10.8. The smallest absolute Gasteiger partial charge is 0.407 e. The molecule has 0 bridgehead atoms. The fraction of sp³-hybridized carbons (Fsp3) is 0.812. The minimum atomic E-state index is -0.462. The number of H-pyrrole nitrogens is 1. The van der Waals surface area contributed by atoms with Gasteiger partial charge in [-0.05, 0) is 52.1 Å². The van der Waals surface area contributed by atoms with Crippen LogP contribution in [-0.4, -0.2) is 46.5 Å². The standard InChI is InChI=1S/C16H31N5O2/c1-12(2)13(10-18-15(22)23-16(3,4)5)9-17-8-6-7-14-19-11-20-21-14/h11-13,17H,6-10H2,1-5H3,(H,18,22)(H,19,20,21). The van der Waals surface area contributed by atoms with E-state index < -0.39 is 5.60 Å². The molecule has 3 N–H and O–H groups in total. The van der Waals surface area contributed by atoms with Crippen molar-refractivity contribution in [1.82, 2.24) is 25.8 Å². The van der Waals surface area contributed by atoms with Crippen LogP contribution in [0.3, 0.4) is 0 Å². The van der Waals surface area contributed by atoms with E-state index in [1.165, 1.54) is 6.33 Å². The highest BCUT2D eigenvalue weighted by Crippen LogP contribution is 2.10. The van der Waals surface area contributed by atoms with Crippen LogP contribution in [0.1, 0.15) is 46.9 Å². The quantitative estimate of drug-likeness (QED) is 0.605. The Morgan fingerprint density at radius 2 is 2.09 bits per heavy atom. The Kier molecular flexibility index (Phi) is 8.02. The van der Waals surface area contributed by atoms with Gasteiger partial charge in [0.05, 0.1) is 0 Å². The van der Waals surface area contributed by atoms with E-state index in [1.807, 2.05) is 20.8 Å². The van der Waals surface area contributed by atoms with Crippen molar-refractivity contribution >= 4 is 6.09 Å². The molecule has 0 fully saturated rings. The molecule has 0 spiro atoms. The number of rotatable bonds is 9. The van der Waals surface area contributed by atoms with Crippen LogP contribution >= 0.6 is 0 Å². The Labute approximate surface area is 139 Å². The summed E-state index contributed by atoms with van der Waals surface area (Å²) in [5, 5.41) is 13.0. The largest absolute Gasteiger partial charge is 0.444 e. The van der Waals surface area contributed by atoms with Gasteiger partial charge >= 0.3 is 6.09 Å². The summed E-state index contributed by atoms with van der Waals surface area (Å²) in [6.45, 7) is 12.3. The maximum absolute atomic E-state index is 11.7. The minimum Gasteiger partial charge on any atom is -0.444 e. The highest BCUT2D eigenvalue weighted by atomic mass is 16.6. The monoisotopic (exact) mass is 325 g/mol. The number of nitrogens with zero attached hydrogens (tertiary/aromatic N) is 2. The third kappa shape index (κ3) is 9.18. The molecule has 7 nitrogen and oxygen atoms in total. The van der Waals surface area contributed by atoms with Crippen LogP contribution in [0, 0.1) is 11.8 Å². The van der Waals surface area contributed by atoms with Crippen LogP contribution in [0.15, 0.2) is 6.33 Å². The second kappa shape index (κ2) is 9.50. The van der Waals surface area contributed by atoms with Crippen LogP contribution < -0.4 is 10.6 Å². The molecule has 1 heterocycles. The van der Waals surface area contributed by atoms with E-state index in [-0.39, 0.29) is 6.09 Å². The van der Waals surface area contributed by atoms with Crippen LogP contribution in [0.5, 0.6) is 0 Å². The summed E-state index contributed by atoms with van der Waals surface area (Å²) in [5.41, 5.74) is -0.462. The fourth-order valence-corrected chi connectivity index (χ4v) is 2.09. The van der Waals surface area contributed by atoms with Gasteiger partial charge in [0.2, 0.25) is 0 Å². The summed E-state index contributed by atoms with van der Waals surface area (Å²) < 4.78 is 5.27. The van der Waals surface area contributed by atoms with E-state index in [0.717, 1.165) is 31.8 Å². The summed E-state index contributed by atoms with van der Waals surface area (Å²) in [6.07, 6.45) is 3.06. The number of amides is 1. The van der Waals surface area contributed by atoms with Gasteiger partial charge in [0.1, 0.15) is 17.8 Å². The lowest BCUT2D eigenvalue weighted by Crippen LogP contribution is -2.39. The van der Waals surface area contributed by atoms with Crippen LogP contribution in [-0.2, 0) is 11.2 Å². The summed E-state index contributed by atoms with van der Waals surface area (Å²) >= 11 is 0. The molecule has 1 unspecified atom stereocenters. The van der Waals surface area contributed by atoms with Gasteiger partial charge < -0.3 is 15.4 Å². The predicted molar refractivity (Wildman–Crippen MR) is 90.1 cm³/mol. The first kappa shape index (κ1) is 19.4. The van der Waals surface area contributed by atoms with Gasteiger partial charge in [-0.2, -0.15) is 5.10 Å². The van der Waals surface area contributed by atoms with Gasteiger partial charge in [0.15, 0.2) is 0 Å². The average Bonchev–Trinajstić information content (AvgIpc) is 2.92. The van der Waals surface area contributed by atoms with Gasteiger partial charge in [0.25, 0.3) is 0 Å². The molecule has 1 amide bonds. The molecule has 0 aromatic carbocycles. The third-order valence-corrected chi connectivity index (χ3v) is 3.49. The van der Waals surface area contributed by atoms with E-state index in [2.05, 4.69) is 39.7 Å². The number of carbonyl (C=O) groups excluding carboxylic acids is 1. The molecular weight excluding hydrogens is 294 g/mol. The van der Waals surface area contributed by atoms with Crippen molar-refractivity contribution in [3.63, 3.8) is 0 Å². The molecule has 0 radical (unpaired) electrons. The van der Waals surface area contributed by atoms with Gasteiger partial charge in [-0.3, -0.25) is 5.10 Å². The van der Waals surface area contributed by atoms with Crippen molar-refractivity contribution in [3.05, 3.63) is 12.2 Å².